The summed E-state index contributed by atoms with van der Waals surface area (Å²) in [7, 11) is 0. The van der Waals surface area contributed by atoms with Crippen LogP contribution in [0.3, 0.4) is 0 Å². The van der Waals surface area contributed by atoms with Crippen molar-refractivity contribution >= 4 is 5.97 Å². The largest absolute Gasteiger partial charge is 0.463 e. The highest BCUT2D eigenvalue weighted by Gasteiger charge is 2.15. The maximum Gasteiger partial charge on any atom is 0.306 e. The van der Waals surface area contributed by atoms with E-state index in [-0.39, 0.29) is 12.6 Å². The zero-order valence-electron chi connectivity index (χ0n) is 25.3. The zero-order chi connectivity index (χ0) is 27.1. The summed E-state index contributed by atoms with van der Waals surface area (Å²) in [5.74, 6) is 0.381. The number of aliphatic hydroxyl groups is 1. The number of hydrogen-bond acceptors (Lipinski definition) is 4. The molecule has 4 nitrogen and oxygen atoms in total. The highest BCUT2D eigenvalue weighted by molar-refractivity contribution is 5.69. The van der Waals surface area contributed by atoms with Crippen LogP contribution < -0.4 is 0 Å². The van der Waals surface area contributed by atoms with Gasteiger partial charge in [-0.3, -0.25) is 4.79 Å². The van der Waals surface area contributed by atoms with Gasteiger partial charge in [-0.2, -0.15) is 0 Å². The van der Waals surface area contributed by atoms with Crippen LogP contribution in [0.25, 0.3) is 0 Å². The summed E-state index contributed by atoms with van der Waals surface area (Å²) in [5.41, 5.74) is 0. The van der Waals surface area contributed by atoms with E-state index in [1.807, 2.05) is 0 Å². The van der Waals surface area contributed by atoms with E-state index < -0.39 is 0 Å². The molecule has 0 spiro atoms. The lowest BCUT2D eigenvalue weighted by atomic mass is 9.91. The fraction of sp³-hybridized carbons (Fsp3) is 0.970. The Bertz CT molecular complexity index is 440. The fourth-order valence-electron chi connectivity index (χ4n) is 5.22. The molecule has 0 aliphatic rings. The van der Waals surface area contributed by atoms with Gasteiger partial charge in [0.15, 0.2) is 0 Å². The van der Waals surface area contributed by atoms with Crippen LogP contribution in [-0.4, -0.2) is 37.5 Å². The summed E-state index contributed by atoms with van der Waals surface area (Å²) in [6.07, 6.45) is 32.9. The van der Waals surface area contributed by atoms with E-state index in [0.29, 0.717) is 32.2 Å². The van der Waals surface area contributed by atoms with Crippen LogP contribution >= 0.6 is 0 Å². The highest BCUT2D eigenvalue weighted by Crippen LogP contribution is 2.23. The van der Waals surface area contributed by atoms with Crippen molar-refractivity contribution in [2.24, 2.45) is 5.92 Å². The lowest BCUT2D eigenvalue weighted by molar-refractivity contribution is -0.146. The summed E-state index contributed by atoms with van der Waals surface area (Å²) in [6.45, 7) is 5.53. The van der Waals surface area contributed by atoms with Crippen molar-refractivity contribution < 1.29 is 19.4 Å². The van der Waals surface area contributed by atoms with Gasteiger partial charge < -0.3 is 14.6 Å². The SMILES string of the molecule is CCCCCCCCCCCCCCC(CCCCCCCCCCCC)CC(=O)OCCOCCO. The number of aliphatic hydroxyl groups excluding tert-OH is 1. The first-order valence-electron chi connectivity index (χ1n) is 16.6. The lowest BCUT2D eigenvalue weighted by Gasteiger charge is -2.16. The zero-order valence-corrected chi connectivity index (χ0v) is 25.3. The number of carbonyl (C=O) groups is 1. The molecule has 0 aliphatic heterocycles. The number of carbonyl (C=O) groups excluding carboxylic acids is 1. The minimum atomic E-state index is -0.0800. The van der Waals surface area contributed by atoms with E-state index in [9.17, 15) is 4.79 Å². The van der Waals surface area contributed by atoms with E-state index in [2.05, 4.69) is 13.8 Å². The molecule has 222 valence electrons. The number of rotatable bonds is 31. The fourth-order valence-corrected chi connectivity index (χ4v) is 5.22. The third kappa shape index (κ3) is 29.8. The van der Waals surface area contributed by atoms with Crippen LogP contribution in [0, 0.1) is 5.92 Å². The molecule has 0 fully saturated rings. The Morgan fingerprint density at radius 2 is 0.919 bits per heavy atom. The third-order valence-electron chi connectivity index (χ3n) is 7.61. The van der Waals surface area contributed by atoms with Crippen molar-refractivity contribution in [2.45, 2.75) is 174 Å². The summed E-state index contributed by atoms with van der Waals surface area (Å²) >= 11 is 0. The van der Waals surface area contributed by atoms with Crippen molar-refractivity contribution in [3.63, 3.8) is 0 Å². The van der Waals surface area contributed by atoms with Gasteiger partial charge in [-0.25, -0.2) is 0 Å². The predicted octanol–water partition coefficient (Wildman–Crippen LogP) is 9.95. The van der Waals surface area contributed by atoms with Crippen molar-refractivity contribution in [3.8, 4) is 0 Å². The first kappa shape index (κ1) is 36.4. The molecule has 4 heteroatoms. The van der Waals surface area contributed by atoms with Crippen LogP contribution in [0.5, 0.6) is 0 Å². The molecule has 0 aromatic rings. The summed E-state index contributed by atoms with van der Waals surface area (Å²) in [4.78, 5) is 12.4. The molecule has 0 amide bonds. The average molecular weight is 527 g/mol. The molecule has 0 radical (unpaired) electrons. The molecule has 0 aliphatic carbocycles. The quantitative estimate of drug-likeness (QED) is 0.0721. The van der Waals surface area contributed by atoms with E-state index in [0.717, 1.165) is 12.8 Å². The second-order valence-electron chi connectivity index (χ2n) is 11.3. The molecular weight excluding hydrogens is 460 g/mol. The van der Waals surface area contributed by atoms with Gasteiger partial charge in [0.05, 0.1) is 19.8 Å². The van der Waals surface area contributed by atoms with Crippen LogP contribution in [-0.2, 0) is 14.3 Å². The standard InChI is InChI=1S/C33H66O4/c1-3-5-7-9-11-13-15-16-18-20-22-24-26-32(31-33(35)37-30-29-36-28-27-34)25-23-21-19-17-14-12-10-8-6-4-2/h32,34H,3-31H2,1-2H3. The maximum absolute atomic E-state index is 12.4. The second-order valence-corrected chi connectivity index (χ2v) is 11.3. The number of ether oxygens (including phenoxy) is 2. The molecule has 0 bridgehead atoms. The van der Waals surface area contributed by atoms with Gasteiger partial charge in [0.1, 0.15) is 6.61 Å². The van der Waals surface area contributed by atoms with Gasteiger partial charge in [0.25, 0.3) is 0 Å². The number of esters is 1. The van der Waals surface area contributed by atoms with Gasteiger partial charge in [-0.1, -0.05) is 155 Å². The van der Waals surface area contributed by atoms with Crippen LogP contribution in [0.15, 0.2) is 0 Å². The maximum atomic E-state index is 12.4. The normalized spacial score (nSPS) is 12.2. The molecule has 0 saturated carbocycles. The molecule has 1 unspecified atom stereocenters. The third-order valence-corrected chi connectivity index (χ3v) is 7.61. The van der Waals surface area contributed by atoms with E-state index in [1.54, 1.807) is 0 Å². The van der Waals surface area contributed by atoms with E-state index in [4.69, 9.17) is 14.6 Å². The first-order valence-corrected chi connectivity index (χ1v) is 16.6. The van der Waals surface area contributed by atoms with Crippen LogP contribution in [0.2, 0.25) is 0 Å². The second kappa shape index (κ2) is 31.6. The molecule has 0 rings (SSSR count). The van der Waals surface area contributed by atoms with Gasteiger partial charge in [0, 0.05) is 6.42 Å². The minimum absolute atomic E-state index is 0.00786. The Morgan fingerprint density at radius 1 is 0.541 bits per heavy atom. The monoisotopic (exact) mass is 526 g/mol. The highest BCUT2D eigenvalue weighted by atomic mass is 16.6. The smallest absolute Gasteiger partial charge is 0.306 e. The molecular formula is C33H66O4. The topological polar surface area (TPSA) is 55.8 Å². The molecule has 37 heavy (non-hydrogen) atoms. The van der Waals surface area contributed by atoms with Crippen LogP contribution in [0.4, 0.5) is 0 Å². The Labute approximate surface area is 232 Å². The molecule has 1 atom stereocenters. The Kier molecular flexibility index (Phi) is 31.1. The molecule has 0 aromatic carbocycles. The molecule has 0 saturated heterocycles. The van der Waals surface area contributed by atoms with Gasteiger partial charge in [-0.05, 0) is 18.8 Å². The summed E-state index contributed by atoms with van der Waals surface area (Å²) < 4.78 is 10.6. The van der Waals surface area contributed by atoms with Crippen molar-refractivity contribution in [3.05, 3.63) is 0 Å². The summed E-state index contributed by atoms with van der Waals surface area (Å²) in [6, 6.07) is 0. The first-order chi connectivity index (χ1) is 18.2. The van der Waals surface area contributed by atoms with Gasteiger partial charge in [-0.15, -0.1) is 0 Å². The van der Waals surface area contributed by atoms with Crippen LogP contribution in [0.1, 0.15) is 174 Å². The Morgan fingerprint density at radius 3 is 1.30 bits per heavy atom. The van der Waals surface area contributed by atoms with Crippen molar-refractivity contribution in [1.29, 1.82) is 0 Å². The Balaban J connectivity index is 3.97. The van der Waals surface area contributed by atoms with Gasteiger partial charge in [0.2, 0.25) is 0 Å². The number of hydrogen-bond donors (Lipinski definition) is 1. The van der Waals surface area contributed by atoms with Crippen molar-refractivity contribution in [1.82, 2.24) is 0 Å². The molecule has 1 N–H and O–H groups in total. The minimum Gasteiger partial charge on any atom is -0.463 e. The summed E-state index contributed by atoms with van der Waals surface area (Å²) in [5, 5.41) is 8.77. The van der Waals surface area contributed by atoms with E-state index >= 15 is 0 Å². The van der Waals surface area contributed by atoms with Gasteiger partial charge >= 0.3 is 5.97 Å². The van der Waals surface area contributed by atoms with E-state index in [1.165, 1.54) is 141 Å². The average Bonchev–Trinajstić information content (AvgIpc) is 2.90. The molecule has 0 aromatic heterocycles. The number of unbranched alkanes of at least 4 members (excludes halogenated alkanes) is 20. The lowest BCUT2D eigenvalue weighted by Crippen LogP contribution is -2.15. The Hall–Kier alpha value is -0.610. The molecule has 0 heterocycles. The predicted molar refractivity (Wildman–Crippen MR) is 159 cm³/mol. The van der Waals surface area contributed by atoms with Crippen molar-refractivity contribution in [2.75, 3.05) is 26.4 Å².